The second-order valence-corrected chi connectivity index (χ2v) is 12.7. The van der Waals surface area contributed by atoms with E-state index in [0.29, 0.717) is 18.7 Å². The molecule has 1 N–H and O–H groups in total. The first-order valence-electron chi connectivity index (χ1n) is 15.0. The fraction of sp³-hybridized carbons (Fsp3) is 0.278. The maximum atomic E-state index is 14.6. The van der Waals surface area contributed by atoms with Crippen LogP contribution >= 0.6 is 0 Å². The Hall–Kier alpha value is -4.43. The number of benzene rings is 4. The van der Waals surface area contributed by atoms with E-state index < -0.39 is 28.5 Å². The van der Waals surface area contributed by atoms with E-state index in [9.17, 15) is 18.0 Å². The number of rotatable bonds is 13. The van der Waals surface area contributed by atoms with Crippen LogP contribution in [0.5, 0.6) is 0 Å². The van der Waals surface area contributed by atoms with Gasteiger partial charge in [0.05, 0.1) is 10.6 Å². The second-order valence-electron chi connectivity index (χ2n) is 10.9. The van der Waals surface area contributed by atoms with Crippen LogP contribution in [0.2, 0.25) is 0 Å². The number of hydrogen-bond acceptors (Lipinski definition) is 4. The normalized spacial score (nSPS) is 11.9. The van der Waals surface area contributed by atoms with Gasteiger partial charge < -0.3 is 10.2 Å². The van der Waals surface area contributed by atoms with Crippen molar-refractivity contribution < 1.29 is 18.0 Å². The van der Waals surface area contributed by atoms with Crippen LogP contribution in [-0.2, 0) is 39.0 Å². The van der Waals surface area contributed by atoms with Crippen LogP contribution < -0.4 is 9.62 Å². The zero-order valence-electron chi connectivity index (χ0n) is 25.9. The van der Waals surface area contributed by atoms with Crippen LogP contribution in [0.1, 0.15) is 41.7 Å². The summed E-state index contributed by atoms with van der Waals surface area (Å²) in [6.07, 6.45) is 0.854. The van der Waals surface area contributed by atoms with Gasteiger partial charge in [-0.1, -0.05) is 97.4 Å². The zero-order chi connectivity index (χ0) is 31.7. The zero-order valence-corrected chi connectivity index (χ0v) is 26.7. The summed E-state index contributed by atoms with van der Waals surface area (Å²) in [7, 11) is -4.14. The molecule has 0 aliphatic carbocycles. The van der Waals surface area contributed by atoms with Crippen LogP contribution in [-0.4, -0.2) is 44.3 Å². The van der Waals surface area contributed by atoms with Crippen molar-refractivity contribution in [2.24, 2.45) is 0 Å². The van der Waals surface area contributed by atoms with Crippen molar-refractivity contribution in [2.45, 2.75) is 58.0 Å². The lowest BCUT2D eigenvalue weighted by Crippen LogP contribution is -2.53. The van der Waals surface area contributed by atoms with Gasteiger partial charge in [-0.15, -0.1) is 0 Å². The van der Waals surface area contributed by atoms with Gasteiger partial charge in [-0.05, 0) is 67.6 Å². The van der Waals surface area contributed by atoms with Crippen LogP contribution in [0.4, 0.5) is 5.69 Å². The molecule has 0 saturated heterocycles. The smallest absolute Gasteiger partial charge is 0.264 e. The Kier molecular flexibility index (Phi) is 11.0. The average molecular weight is 612 g/mol. The number of anilines is 1. The molecule has 2 amide bonds. The second kappa shape index (κ2) is 14.8. The summed E-state index contributed by atoms with van der Waals surface area (Å²) in [6, 6.07) is 30.2. The lowest BCUT2D eigenvalue weighted by Gasteiger charge is -2.34. The Labute approximate surface area is 261 Å². The van der Waals surface area contributed by atoms with Crippen molar-refractivity contribution in [1.82, 2.24) is 10.2 Å². The summed E-state index contributed by atoms with van der Waals surface area (Å²) in [5.41, 5.74) is 4.91. The Morgan fingerprint density at radius 1 is 0.773 bits per heavy atom. The number of sulfonamides is 1. The van der Waals surface area contributed by atoms with Gasteiger partial charge in [0, 0.05) is 19.5 Å². The van der Waals surface area contributed by atoms with E-state index in [1.54, 1.807) is 36.4 Å². The molecule has 1 atom stereocenters. The lowest BCUT2D eigenvalue weighted by molar-refractivity contribution is -0.140. The SMILES string of the molecule is CCNC(=O)[C@H](Cc1ccccc1)N(Cc1ccccc1C)C(=O)CN(c1ccccc1CC)S(=O)(=O)c1ccc(C)cc1. The number of nitrogens with one attached hydrogen (secondary N) is 1. The number of aryl methyl sites for hydroxylation is 3. The topological polar surface area (TPSA) is 86.8 Å². The van der Waals surface area contributed by atoms with Gasteiger partial charge >= 0.3 is 0 Å². The van der Waals surface area contributed by atoms with Crippen LogP contribution in [0.15, 0.2) is 108 Å². The third kappa shape index (κ3) is 7.74. The van der Waals surface area contributed by atoms with E-state index in [4.69, 9.17) is 0 Å². The first-order valence-corrected chi connectivity index (χ1v) is 16.4. The molecule has 4 rings (SSSR count). The minimum absolute atomic E-state index is 0.0943. The number of likely N-dealkylation sites (N-methyl/N-ethyl adjacent to an activating group) is 1. The van der Waals surface area contributed by atoms with Gasteiger partial charge in [-0.3, -0.25) is 13.9 Å². The summed E-state index contributed by atoms with van der Waals surface area (Å²) in [6.45, 7) is 7.71. The molecule has 0 spiro atoms. The summed E-state index contributed by atoms with van der Waals surface area (Å²) in [5, 5.41) is 2.90. The highest BCUT2D eigenvalue weighted by Crippen LogP contribution is 2.29. The summed E-state index contributed by atoms with van der Waals surface area (Å²) >= 11 is 0. The molecule has 8 heteroatoms. The summed E-state index contributed by atoms with van der Waals surface area (Å²) < 4.78 is 29.7. The third-order valence-corrected chi connectivity index (χ3v) is 9.53. The fourth-order valence-electron chi connectivity index (χ4n) is 5.22. The molecule has 0 unspecified atom stereocenters. The van der Waals surface area contributed by atoms with Gasteiger partial charge in [-0.25, -0.2) is 8.42 Å². The Morgan fingerprint density at radius 3 is 2.02 bits per heavy atom. The molecule has 44 heavy (non-hydrogen) atoms. The first kappa shape index (κ1) is 32.5. The van der Waals surface area contributed by atoms with Crippen LogP contribution in [0.25, 0.3) is 0 Å². The maximum absolute atomic E-state index is 14.6. The molecule has 4 aromatic rings. The number of amides is 2. The minimum Gasteiger partial charge on any atom is -0.355 e. The molecule has 0 aliphatic heterocycles. The van der Waals surface area contributed by atoms with Crippen molar-refractivity contribution >= 4 is 27.5 Å². The number of para-hydroxylation sites is 1. The Morgan fingerprint density at radius 2 is 1.39 bits per heavy atom. The number of nitrogens with zero attached hydrogens (tertiary/aromatic N) is 2. The minimum atomic E-state index is -4.14. The number of carbonyl (C=O) groups is 2. The maximum Gasteiger partial charge on any atom is 0.264 e. The Bertz CT molecular complexity index is 1670. The average Bonchev–Trinajstić information content (AvgIpc) is 3.03. The Balaban J connectivity index is 1.83. The molecule has 7 nitrogen and oxygen atoms in total. The van der Waals surface area contributed by atoms with E-state index in [1.807, 2.05) is 94.4 Å². The van der Waals surface area contributed by atoms with Gasteiger partial charge in [0.15, 0.2) is 0 Å². The van der Waals surface area contributed by atoms with Gasteiger partial charge in [0.1, 0.15) is 12.6 Å². The van der Waals surface area contributed by atoms with Crippen LogP contribution in [0, 0.1) is 13.8 Å². The number of hydrogen-bond donors (Lipinski definition) is 1. The molecule has 0 aliphatic rings. The largest absolute Gasteiger partial charge is 0.355 e. The van der Waals surface area contributed by atoms with Crippen molar-refractivity contribution in [1.29, 1.82) is 0 Å². The monoisotopic (exact) mass is 611 g/mol. The number of carbonyl (C=O) groups excluding carboxylic acids is 2. The predicted molar refractivity (Wildman–Crippen MR) is 176 cm³/mol. The third-order valence-electron chi connectivity index (χ3n) is 7.75. The van der Waals surface area contributed by atoms with E-state index in [1.165, 1.54) is 9.21 Å². The quantitative estimate of drug-likeness (QED) is 0.206. The molecule has 0 aromatic heterocycles. The highest BCUT2D eigenvalue weighted by atomic mass is 32.2. The summed E-state index contributed by atoms with van der Waals surface area (Å²) in [4.78, 5) is 29.8. The molecule has 0 radical (unpaired) electrons. The van der Waals surface area contributed by atoms with E-state index in [2.05, 4.69) is 5.32 Å². The molecule has 0 heterocycles. The van der Waals surface area contributed by atoms with Crippen molar-refractivity contribution in [3.8, 4) is 0 Å². The highest BCUT2D eigenvalue weighted by molar-refractivity contribution is 7.92. The highest BCUT2D eigenvalue weighted by Gasteiger charge is 2.35. The van der Waals surface area contributed by atoms with E-state index >= 15 is 0 Å². The van der Waals surface area contributed by atoms with Crippen molar-refractivity contribution in [2.75, 3.05) is 17.4 Å². The lowest BCUT2D eigenvalue weighted by atomic mass is 10.0. The fourth-order valence-corrected chi connectivity index (χ4v) is 6.67. The molecular weight excluding hydrogens is 570 g/mol. The predicted octanol–water partition coefficient (Wildman–Crippen LogP) is 5.84. The van der Waals surface area contributed by atoms with Crippen molar-refractivity contribution in [3.63, 3.8) is 0 Å². The van der Waals surface area contributed by atoms with Crippen LogP contribution in [0.3, 0.4) is 0 Å². The van der Waals surface area contributed by atoms with Crippen molar-refractivity contribution in [3.05, 3.63) is 131 Å². The molecule has 4 aromatic carbocycles. The molecule has 230 valence electrons. The summed E-state index contributed by atoms with van der Waals surface area (Å²) in [5.74, 6) is -0.762. The molecule has 0 fully saturated rings. The van der Waals surface area contributed by atoms with E-state index in [0.717, 1.165) is 27.8 Å². The first-order chi connectivity index (χ1) is 21.1. The van der Waals surface area contributed by atoms with Gasteiger partial charge in [0.2, 0.25) is 11.8 Å². The molecule has 0 saturated carbocycles. The van der Waals surface area contributed by atoms with Gasteiger partial charge in [-0.2, -0.15) is 0 Å². The molecule has 0 bridgehead atoms. The molecular formula is C36H41N3O4S. The van der Waals surface area contributed by atoms with E-state index in [-0.39, 0.29) is 23.8 Å². The van der Waals surface area contributed by atoms with Gasteiger partial charge in [0.25, 0.3) is 10.0 Å². The standard InChI is InChI=1S/C36H41N3O4S/c1-5-30-17-12-13-19-33(30)39(44(42,43)32-22-20-27(3)21-23-32)26-35(40)38(25-31-18-11-10-14-28(31)4)34(36(41)37-6-2)24-29-15-8-7-9-16-29/h7-23,34H,5-6,24-26H2,1-4H3,(H,37,41)/t34-/m0/s1.